The molecule has 2 aromatic heterocycles. The number of benzene rings is 1. The molecule has 1 amide bonds. The summed E-state index contributed by atoms with van der Waals surface area (Å²) in [5, 5.41) is 2.85. The zero-order valence-corrected chi connectivity index (χ0v) is 10.5. The van der Waals surface area contributed by atoms with E-state index in [4.69, 9.17) is 0 Å². The number of aromatic nitrogens is 2. The Bertz CT molecular complexity index is 731. The average Bonchev–Trinajstić information content (AvgIpc) is 2.78. The molecule has 0 aliphatic rings. The predicted octanol–water partition coefficient (Wildman–Crippen LogP) is 2.90. The van der Waals surface area contributed by atoms with E-state index in [9.17, 15) is 4.79 Å². The molecule has 0 radical (unpaired) electrons. The molecule has 0 aliphatic carbocycles. The van der Waals surface area contributed by atoms with Gasteiger partial charge in [0.2, 0.25) is 0 Å². The Morgan fingerprint density at radius 2 is 2.00 bits per heavy atom. The van der Waals surface area contributed by atoms with Crippen molar-refractivity contribution in [3.63, 3.8) is 0 Å². The molecule has 4 nitrogen and oxygen atoms in total. The first-order valence-corrected chi connectivity index (χ1v) is 6.04. The molecule has 4 heteroatoms. The fourth-order valence-electron chi connectivity index (χ4n) is 1.97. The number of carbonyl (C=O) groups excluding carboxylic acids is 1. The van der Waals surface area contributed by atoms with Crippen LogP contribution in [0.2, 0.25) is 0 Å². The molecule has 3 rings (SSSR count). The highest BCUT2D eigenvalue weighted by Crippen LogP contribution is 2.11. The second kappa shape index (κ2) is 4.57. The Hall–Kier alpha value is -2.62. The smallest absolute Gasteiger partial charge is 0.255 e. The van der Waals surface area contributed by atoms with E-state index >= 15 is 0 Å². The van der Waals surface area contributed by atoms with Gasteiger partial charge in [-0.1, -0.05) is 18.2 Å². The molecule has 19 heavy (non-hydrogen) atoms. The Morgan fingerprint density at radius 1 is 1.21 bits per heavy atom. The number of rotatable bonds is 2. The molecule has 0 bridgehead atoms. The monoisotopic (exact) mass is 251 g/mol. The van der Waals surface area contributed by atoms with Gasteiger partial charge in [0.15, 0.2) is 0 Å². The molecule has 94 valence electrons. The van der Waals surface area contributed by atoms with Crippen LogP contribution in [0.5, 0.6) is 0 Å². The van der Waals surface area contributed by atoms with Crippen molar-refractivity contribution in [1.29, 1.82) is 0 Å². The highest BCUT2D eigenvalue weighted by atomic mass is 16.1. The molecule has 0 saturated carbocycles. The number of pyridine rings is 1. The zero-order chi connectivity index (χ0) is 13.2. The fourth-order valence-corrected chi connectivity index (χ4v) is 1.97. The Kier molecular flexibility index (Phi) is 2.76. The lowest BCUT2D eigenvalue weighted by atomic mass is 10.2. The number of imidazole rings is 1. The van der Waals surface area contributed by atoms with Crippen LogP contribution in [0.1, 0.15) is 16.1 Å². The molecule has 3 aromatic rings. The zero-order valence-electron chi connectivity index (χ0n) is 10.5. The largest absolute Gasteiger partial charge is 0.322 e. The number of fused-ring (bicyclic) bond motifs is 1. The van der Waals surface area contributed by atoms with E-state index in [2.05, 4.69) is 10.3 Å². The van der Waals surface area contributed by atoms with Crippen LogP contribution in [-0.4, -0.2) is 15.3 Å². The van der Waals surface area contributed by atoms with Gasteiger partial charge in [0.05, 0.1) is 5.69 Å². The second-order valence-corrected chi connectivity index (χ2v) is 4.38. The average molecular weight is 251 g/mol. The summed E-state index contributed by atoms with van der Waals surface area (Å²) in [7, 11) is 0. The van der Waals surface area contributed by atoms with Crippen molar-refractivity contribution in [3.05, 3.63) is 66.1 Å². The minimum atomic E-state index is -0.130. The Morgan fingerprint density at radius 3 is 2.79 bits per heavy atom. The SMILES string of the molecule is Cc1cn2ccc(C(=O)Nc3ccccc3)cc2n1. The van der Waals surface area contributed by atoms with E-state index < -0.39 is 0 Å². The molecule has 1 aromatic carbocycles. The van der Waals surface area contributed by atoms with Gasteiger partial charge in [0, 0.05) is 23.6 Å². The minimum Gasteiger partial charge on any atom is -0.322 e. The van der Waals surface area contributed by atoms with Gasteiger partial charge in [-0.05, 0) is 31.2 Å². The van der Waals surface area contributed by atoms with Crippen LogP contribution in [0, 0.1) is 6.92 Å². The number of nitrogens with one attached hydrogen (secondary N) is 1. The van der Waals surface area contributed by atoms with Crippen molar-refractivity contribution in [2.45, 2.75) is 6.92 Å². The van der Waals surface area contributed by atoms with Crippen molar-refractivity contribution < 1.29 is 4.79 Å². The quantitative estimate of drug-likeness (QED) is 0.761. The molecule has 0 fully saturated rings. The fraction of sp³-hybridized carbons (Fsp3) is 0.0667. The summed E-state index contributed by atoms with van der Waals surface area (Å²) in [6, 6.07) is 13.0. The molecule has 0 saturated heterocycles. The highest BCUT2D eigenvalue weighted by molar-refractivity contribution is 6.04. The van der Waals surface area contributed by atoms with Crippen LogP contribution in [-0.2, 0) is 0 Å². The van der Waals surface area contributed by atoms with Crippen molar-refractivity contribution in [3.8, 4) is 0 Å². The molecule has 1 N–H and O–H groups in total. The van der Waals surface area contributed by atoms with Crippen LogP contribution >= 0.6 is 0 Å². The van der Waals surface area contributed by atoms with E-state index in [0.29, 0.717) is 5.56 Å². The maximum Gasteiger partial charge on any atom is 0.255 e. The maximum absolute atomic E-state index is 12.1. The summed E-state index contributed by atoms with van der Waals surface area (Å²) in [5.74, 6) is -0.130. The number of anilines is 1. The Balaban J connectivity index is 1.89. The van der Waals surface area contributed by atoms with E-state index in [0.717, 1.165) is 17.0 Å². The summed E-state index contributed by atoms with van der Waals surface area (Å²) < 4.78 is 1.90. The van der Waals surface area contributed by atoms with Gasteiger partial charge in [0.1, 0.15) is 5.65 Å². The lowest BCUT2D eigenvalue weighted by Crippen LogP contribution is -2.12. The summed E-state index contributed by atoms with van der Waals surface area (Å²) in [4.78, 5) is 16.5. The molecule has 2 heterocycles. The number of nitrogens with zero attached hydrogens (tertiary/aromatic N) is 2. The highest BCUT2D eigenvalue weighted by Gasteiger charge is 2.07. The lowest BCUT2D eigenvalue weighted by Gasteiger charge is -2.05. The first-order valence-electron chi connectivity index (χ1n) is 6.04. The first kappa shape index (κ1) is 11.5. The van der Waals surface area contributed by atoms with Crippen LogP contribution in [0.25, 0.3) is 5.65 Å². The molecular formula is C15H13N3O. The Labute approximate surface area is 110 Å². The minimum absolute atomic E-state index is 0.130. The molecule has 0 unspecified atom stereocenters. The number of aryl methyl sites for hydroxylation is 1. The predicted molar refractivity (Wildman–Crippen MR) is 74.3 cm³/mol. The summed E-state index contributed by atoms with van der Waals surface area (Å²) in [5.41, 5.74) is 3.09. The van der Waals surface area contributed by atoms with E-state index in [1.165, 1.54) is 0 Å². The maximum atomic E-state index is 12.1. The third-order valence-corrected chi connectivity index (χ3v) is 2.87. The van der Waals surface area contributed by atoms with Crippen LogP contribution < -0.4 is 5.32 Å². The molecule has 0 spiro atoms. The number of hydrogen-bond acceptors (Lipinski definition) is 2. The number of carbonyl (C=O) groups is 1. The van der Waals surface area contributed by atoms with Crippen molar-refractivity contribution in [2.24, 2.45) is 0 Å². The van der Waals surface area contributed by atoms with Gasteiger partial charge in [-0.25, -0.2) is 4.98 Å². The van der Waals surface area contributed by atoms with Crippen molar-refractivity contribution in [2.75, 3.05) is 5.32 Å². The van der Waals surface area contributed by atoms with Crippen LogP contribution in [0.4, 0.5) is 5.69 Å². The standard InChI is InChI=1S/C15H13N3O/c1-11-10-18-8-7-12(9-14(18)16-11)15(19)17-13-5-3-2-4-6-13/h2-10H,1H3,(H,17,19). The topological polar surface area (TPSA) is 46.4 Å². The van der Waals surface area contributed by atoms with Crippen molar-refractivity contribution in [1.82, 2.24) is 9.38 Å². The third kappa shape index (κ3) is 2.33. The number of hydrogen-bond donors (Lipinski definition) is 1. The normalized spacial score (nSPS) is 10.6. The van der Waals surface area contributed by atoms with Gasteiger partial charge in [-0.15, -0.1) is 0 Å². The van der Waals surface area contributed by atoms with Crippen LogP contribution in [0.15, 0.2) is 54.9 Å². The van der Waals surface area contributed by atoms with E-state index in [-0.39, 0.29) is 5.91 Å². The summed E-state index contributed by atoms with van der Waals surface area (Å²) in [6.07, 6.45) is 3.77. The summed E-state index contributed by atoms with van der Waals surface area (Å²) >= 11 is 0. The van der Waals surface area contributed by atoms with Gasteiger partial charge < -0.3 is 9.72 Å². The number of para-hydroxylation sites is 1. The van der Waals surface area contributed by atoms with Gasteiger partial charge in [0.25, 0.3) is 5.91 Å². The lowest BCUT2D eigenvalue weighted by molar-refractivity contribution is 0.102. The van der Waals surface area contributed by atoms with Crippen molar-refractivity contribution >= 4 is 17.2 Å². The summed E-state index contributed by atoms with van der Waals surface area (Å²) in [6.45, 7) is 1.93. The van der Waals surface area contributed by atoms with E-state index in [1.54, 1.807) is 12.1 Å². The first-order chi connectivity index (χ1) is 9.22. The third-order valence-electron chi connectivity index (χ3n) is 2.87. The van der Waals surface area contributed by atoms with Gasteiger partial charge in [-0.3, -0.25) is 4.79 Å². The van der Waals surface area contributed by atoms with Gasteiger partial charge in [-0.2, -0.15) is 0 Å². The number of amides is 1. The second-order valence-electron chi connectivity index (χ2n) is 4.38. The molecule has 0 aliphatic heterocycles. The van der Waals surface area contributed by atoms with Crippen LogP contribution in [0.3, 0.4) is 0 Å². The van der Waals surface area contributed by atoms with E-state index in [1.807, 2.05) is 54.0 Å². The molecule has 0 atom stereocenters. The molecular weight excluding hydrogens is 238 g/mol. The van der Waals surface area contributed by atoms with Gasteiger partial charge >= 0.3 is 0 Å².